The lowest BCUT2D eigenvalue weighted by molar-refractivity contribution is -0.135. The first-order valence-electron chi connectivity index (χ1n) is 8.44. The number of aryl methyl sites for hydroxylation is 1. The number of amides is 1. The molecule has 0 saturated carbocycles. The van der Waals surface area contributed by atoms with Crippen molar-refractivity contribution in [2.75, 3.05) is 31.1 Å². The minimum atomic E-state index is -0.129. The average molecular weight is 319 g/mol. The Kier molecular flexibility index (Phi) is 5.57. The van der Waals surface area contributed by atoms with Crippen molar-refractivity contribution in [3.05, 3.63) is 17.6 Å². The molecule has 2 rings (SSSR count). The number of rotatable bonds is 4. The summed E-state index contributed by atoms with van der Waals surface area (Å²) in [6.45, 7) is 13.0. The second kappa shape index (κ2) is 7.25. The first kappa shape index (κ1) is 17.7. The van der Waals surface area contributed by atoms with Crippen molar-refractivity contribution in [1.82, 2.24) is 14.9 Å². The minimum absolute atomic E-state index is 0.112. The fourth-order valence-electron chi connectivity index (χ4n) is 2.66. The topological polar surface area (TPSA) is 75.3 Å². The summed E-state index contributed by atoms with van der Waals surface area (Å²) in [6.07, 6.45) is 0. The summed E-state index contributed by atoms with van der Waals surface area (Å²) in [5.74, 6) is 2.18. The van der Waals surface area contributed by atoms with Crippen molar-refractivity contribution < 1.29 is 4.79 Å². The van der Waals surface area contributed by atoms with E-state index in [4.69, 9.17) is 5.73 Å². The number of hydrogen-bond acceptors (Lipinski definition) is 5. The number of carbonyl (C=O) groups excluding carboxylic acids is 1. The highest BCUT2D eigenvalue weighted by Crippen LogP contribution is 2.19. The number of hydrogen-bond donors (Lipinski definition) is 1. The van der Waals surface area contributed by atoms with Gasteiger partial charge in [0.15, 0.2) is 0 Å². The summed E-state index contributed by atoms with van der Waals surface area (Å²) in [5.41, 5.74) is 6.84. The van der Waals surface area contributed by atoms with Crippen molar-refractivity contribution in [2.45, 2.75) is 46.6 Å². The highest BCUT2D eigenvalue weighted by Gasteiger charge is 2.27. The summed E-state index contributed by atoms with van der Waals surface area (Å²) in [4.78, 5) is 25.7. The van der Waals surface area contributed by atoms with Gasteiger partial charge in [-0.2, -0.15) is 0 Å². The third kappa shape index (κ3) is 4.19. The molecular formula is C17H29N5O. The van der Waals surface area contributed by atoms with Crippen LogP contribution in [0.4, 0.5) is 5.82 Å². The molecule has 0 radical (unpaired) electrons. The molecule has 6 nitrogen and oxygen atoms in total. The van der Waals surface area contributed by atoms with Gasteiger partial charge in [0, 0.05) is 49.9 Å². The molecule has 1 saturated heterocycles. The van der Waals surface area contributed by atoms with Gasteiger partial charge in [-0.25, -0.2) is 9.97 Å². The van der Waals surface area contributed by atoms with Crippen molar-refractivity contribution in [3.63, 3.8) is 0 Å². The van der Waals surface area contributed by atoms with Crippen LogP contribution in [-0.2, 0) is 4.79 Å². The lowest BCUT2D eigenvalue weighted by Gasteiger charge is -2.37. The maximum Gasteiger partial charge on any atom is 0.227 e. The van der Waals surface area contributed by atoms with Crippen LogP contribution in [-0.4, -0.2) is 53.0 Å². The van der Waals surface area contributed by atoms with E-state index in [9.17, 15) is 4.79 Å². The summed E-state index contributed by atoms with van der Waals surface area (Å²) in [7, 11) is 0. The molecule has 0 aliphatic carbocycles. The highest BCUT2D eigenvalue weighted by atomic mass is 16.2. The number of nitrogens with zero attached hydrogens (tertiary/aromatic N) is 4. The Hall–Kier alpha value is -1.69. The Morgan fingerprint density at radius 3 is 2.26 bits per heavy atom. The zero-order valence-corrected chi connectivity index (χ0v) is 14.9. The van der Waals surface area contributed by atoms with Crippen LogP contribution in [0.25, 0.3) is 0 Å². The predicted octanol–water partition coefficient (Wildman–Crippen LogP) is 1.54. The number of aromatic nitrogens is 2. The molecule has 23 heavy (non-hydrogen) atoms. The van der Waals surface area contributed by atoms with E-state index in [-0.39, 0.29) is 17.9 Å². The molecule has 6 heteroatoms. The van der Waals surface area contributed by atoms with Gasteiger partial charge in [0.1, 0.15) is 11.6 Å². The van der Waals surface area contributed by atoms with Crippen LogP contribution in [0.5, 0.6) is 0 Å². The van der Waals surface area contributed by atoms with E-state index in [1.807, 2.05) is 31.7 Å². The zero-order chi connectivity index (χ0) is 17.1. The standard InChI is InChI=1S/C17H29N5O/c1-11(2)16-19-12(3)10-15(20-16)21-6-8-22(9-7-21)17(23)13(4)14(5)18/h10-11,13-14H,6-9,18H2,1-5H3. The fourth-order valence-corrected chi connectivity index (χ4v) is 2.66. The van der Waals surface area contributed by atoms with Crippen LogP contribution < -0.4 is 10.6 Å². The van der Waals surface area contributed by atoms with Gasteiger partial charge in [-0.15, -0.1) is 0 Å². The monoisotopic (exact) mass is 319 g/mol. The average Bonchev–Trinajstić information content (AvgIpc) is 2.52. The molecular weight excluding hydrogens is 290 g/mol. The van der Waals surface area contributed by atoms with Crippen molar-refractivity contribution >= 4 is 11.7 Å². The number of anilines is 1. The molecule has 128 valence electrons. The van der Waals surface area contributed by atoms with E-state index < -0.39 is 0 Å². The second-order valence-corrected chi connectivity index (χ2v) is 6.84. The molecule has 0 bridgehead atoms. The SMILES string of the molecule is Cc1cc(N2CCN(C(=O)C(C)C(C)N)CC2)nc(C(C)C)n1. The van der Waals surface area contributed by atoms with Crippen LogP contribution in [0.3, 0.4) is 0 Å². The summed E-state index contributed by atoms with van der Waals surface area (Å²) in [6, 6.07) is 1.91. The van der Waals surface area contributed by atoms with Gasteiger partial charge in [-0.3, -0.25) is 4.79 Å². The van der Waals surface area contributed by atoms with E-state index in [2.05, 4.69) is 28.7 Å². The van der Waals surface area contributed by atoms with Crippen molar-refractivity contribution in [1.29, 1.82) is 0 Å². The molecule has 1 fully saturated rings. The lowest BCUT2D eigenvalue weighted by Crippen LogP contribution is -2.52. The molecule has 1 amide bonds. The van der Waals surface area contributed by atoms with E-state index in [0.29, 0.717) is 5.92 Å². The normalized spacial score (nSPS) is 18.2. The third-order valence-corrected chi connectivity index (χ3v) is 4.47. The molecule has 2 unspecified atom stereocenters. The highest BCUT2D eigenvalue weighted by molar-refractivity contribution is 5.79. The van der Waals surface area contributed by atoms with E-state index >= 15 is 0 Å². The van der Waals surface area contributed by atoms with Crippen LogP contribution in [0.1, 0.15) is 45.1 Å². The Bertz CT molecular complexity index is 550. The van der Waals surface area contributed by atoms with Gasteiger partial charge in [-0.1, -0.05) is 20.8 Å². The maximum absolute atomic E-state index is 12.4. The molecule has 1 aromatic rings. The molecule has 0 aromatic carbocycles. The molecule has 2 atom stereocenters. The largest absolute Gasteiger partial charge is 0.353 e. The molecule has 2 heterocycles. The third-order valence-electron chi connectivity index (χ3n) is 4.47. The zero-order valence-electron chi connectivity index (χ0n) is 14.9. The van der Waals surface area contributed by atoms with Crippen LogP contribution in [0.2, 0.25) is 0 Å². The Morgan fingerprint density at radius 1 is 1.13 bits per heavy atom. The van der Waals surface area contributed by atoms with E-state index in [1.54, 1.807) is 0 Å². The van der Waals surface area contributed by atoms with Crippen LogP contribution in [0, 0.1) is 12.8 Å². The van der Waals surface area contributed by atoms with Gasteiger partial charge < -0.3 is 15.5 Å². The van der Waals surface area contributed by atoms with Gasteiger partial charge in [0.05, 0.1) is 5.92 Å². The van der Waals surface area contributed by atoms with Crippen molar-refractivity contribution in [3.8, 4) is 0 Å². The van der Waals surface area contributed by atoms with E-state index in [1.165, 1.54) is 0 Å². The van der Waals surface area contributed by atoms with E-state index in [0.717, 1.165) is 43.5 Å². The summed E-state index contributed by atoms with van der Waals surface area (Å²) < 4.78 is 0. The van der Waals surface area contributed by atoms with Crippen molar-refractivity contribution in [2.24, 2.45) is 11.7 Å². The maximum atomic E-state index is 12.4. The lowest BCUT2D eigenvalue weighted by atomic mass is 10.0. The predicted molar refractivity (Wildman–Crippen MR) is 92.5 cm³/mol. The smallest absolute Gasteiger partial charge is 0.227 e. The molecule has 0 spiro atoms. The summed E-state index contributed by atoms with van der Waals surface area (Å²) >= 11 is 0. The summed E-state index contributed by atoms with van der Waals surface area (Å²) in [5, 5.41) is 0. The van der Waals surface area contributed by atoms with Gasteiger partial charge in [0.25, 0.3) is 0 Å². The second-order valence-electron chi connectivity index (χ2n) is 6.84. The Labute approximate surface area is 139 Å². The number of piperazine rings is 1. The first-order chi connectivity index (χ1) is 10.8. The first-order valence-corrected chi connectivity index (χ1v) is 8.44. The molecule has 1 aliphatic heterocycles. The Morgan fingerprint density at radius 2 is 1.74 bits per heavy atom. The van der Waals surface area contributed by atoms with Crippen LogP contribution >= 0.6 is 0 Å². The van der Waals surface area contributed by atoms with Gasteiger partial charge in [-0.05, 0) is 13.8 Å². The van der Waals surface area contributed by atoms with Gasteiger partial charge in [0.2, 0.25) is 5.91 Å². The molecule has 2 N–H and O–H groups in total. The quantitative estimate of drug-likeness (QED) is 0.911. The Balaban J connectivity index is 2.03. The molecule has 1 aromatic heterocycles. The number of nitrogens with two attached hydrogens (primary N) is 1. The molecule has 1 aliphatic rings. The fraction of sp³-hybridized carbons (Fsp3) is 0.706. The minimum Gasteiger partial charge on any atom is -0.353 e. The van der Waals surface area contributed by atoms with Crippen LogP contribution in [0.15, 0.2) is 6.07 Å². The van der Waals surface area contributed by atoms with Gasteiger partial charge >= 0.3 is 0 Å². The number of carbonyl (C=O) groups is 1.